The molecule has 30 heavy (non-hydrogen) atoms. The minimum absolute atomic E-state index is 0.714. The molecular weight excluding hydrogens is 364 g/mol. The number of fused-ring (bicyclic) bond motifs is 1. The molecule has 2 aliphatic heterocycles. The molecule has 2 fully saturated rings. The second-order valence-electron chi connectivity index (χ2n) is 9.90. The molecule has 2 heteroatoms. The SMILES string of the molecule is CC1CCC(C)N1CCc1ccc(C2=CCC3CN(Cc4ccccc4)CC23)cc1. The summed E-state index contributed by atoms with van der Waals surface area (Å²) in [6, 6.07) is 22.0. The van der Waals surface area contributed by atoms with Crippen molar-refractivity contribution in [3.05, 3.63) is 77.4 Å². The number of benzene rings is 2. The van der Waals surface area contributed by atoms with Gasteiger partial charge in [-0.05, 0) is 67.7 Å². The van der Waals surface area contributed by atoms with E-state index in [1.165, 1.54) is 62.0 Å². The van der Waals surface area contributed by atoms with E-state index < -0.39 is 0 Å². The van der Waals surface area contributed by atoms with E-state index in [0.717, 1.165) is 24.5 Å². The number of allylic oxidation sites excluding steroid dienone is 1. The van der Waals surface area contributed by atoms with E-state index >= 15 is 0 Å². The van der Waals surface area contributed by atoms with Crippen molar-refractivity contribution in [3.8, 4) is 0 Å². The van der Waals surface area contributed by atoms with E-state index in [4.69, 9.17) is 0 Å². The molecule has 2 heterocycles. The van der Waals surface area contributed by atoms with Crippen molar-refractivity contribution in [1.82, 2.24) is 9.80 Å². The van der Waals surface area contributed by atoms with E-state index in [9.17, 15) is 0 Å². The Kier molecular flexibility index (Phi) is 5.80. The minimum atomic E-state index is 0.714. The highest BCUT2D eigenvalue weighted by molar-refractivity contribution is 5.70. The zero-order valence-corrected chi connectivity index (χ0v) is 18.6. The van der Waals surface area contributed by atoms with Crippen LogP contribution in [0.15, 0.2) is 60.7 Å². The number of rotatable bonds is 6. The maximum absolute atomic E-state index is 2.69. The molecule has 2 aromatic rings. The molecule has 0 saturated carbocycles. The number of likely N-dealkylation sites (tertiary alicyclic amines) is 2. The lowest BCUT2D eigenvalue weighted by molar-refractivity contribution is 0.217. The number of nitrogens with zero attached hydrogens (tertiary/aromatic N) is 2. The van der Waals surface area contributed by atoms with Gasteiger partial charge in [-0.3, -0.25) is 9.80 Å². The Labute approximate surface area is 182 Å². The third-order valence-corrected chi connectivity index (χ3v) is 7.89. The Hall–Kier alpha value is -1.90. The van der Waals surface area contributed by atoms with Crippen LogP contribution in [0, 0.1) is 11.8 Å². The van der Waals surface area contributed by atoms with Crippen molar-refractivity contribution in [2.24, 2.45) is 11.8 Å². The van der Waals surface area contributed by atoms with Crippen molar-refractivity contribution in [1.29, 1.82) is 0 Å². The summed E-state index contributed by atoms with van der Waals surface area (Å²) in [7, 11) is 0. The maximum atomic E-state index is 2.69. The van der Waals surface area contributed by atoms with Gasteiger partial charge in [-0.25, -0.2) is 0 Å². The molecule has 4 atom stereocenters. The van der Waals surface area contributed by atoms with Crippen LogP contribution in [0.4, 0.5) is 0 Å². The minimum Gasteiger partial charge on any atom is -0.298 e. The second-order valence-corrected chi connectivity index (χ2v) is 9.90. The molecule has 0 bridgehead atoms. The Balaban J connectivity index is 1.19. The molecule has 1 aliphatic carbocycles. The van der Waals surface area contributed by atoms with Gasteiger partial charge in [-0.15, -0.1) is 0 Å². The van der Waals surface area contributed by atoms with Crippen LogP contribution in [0.5, 0.6) is 0 Å². The van der Waals surface area contributed by atoms with E-state index in [0.29, 0.717) is 5.92 Å². The summed E-state index contributed by atoms with van der Waals surface area (Å²) in [5.41, 5.74) is 5.98. The van der Waals surface area contributed by atoms with E-state index in [1.54, 1.807) is 5.57 Å². The first-order valence-corrected chi connectivity index (χ1v) is 12.0. The van der Waals surface area contributed by atoms with Crippen molar-refractivity contribution < 1.29 is 0 Å². The quantitative estimate of drug-likeness (QED) is 0.619. The van der Waals surface area contributed by atoms with Gasteiger partial charge in [0.25, 0.3) is 0 Å². The average Bonchev–Trinajstić information content (AvgIpc) is 3.42. The lowest BCUT2D eigenvalue weighted by Gasteiger charge is -2.25. The number of hydrogen-bond donors (Lipinski definition) is 0. The summed E-state index contributed by atoms with van der Waals surface area (Å²) in [5, 5.41) is 0. The van der Waals surface area contributed by atoms with Gasteiger partial charge in [0.05, 0.1) is 0 Å². The van der Waals surface area contributed by atoms with Crippen LogP contribution < -0.4 is 0 Å². The normalized spacial score (nSPS) is 29.3. The highest BCUT2D eigenvalue weighted by atomic mass is 15.2. The third-order valence-electron chi connectivity index (χ3n) is 7.89. The van der Waals surface area contributed by atoms with E-state index in [1.807, 2.05) is 0 Å². The molecule has 0 N–H and O–H groups in total. The van der Waals surface area contributed by atoms with Crippen LogP contribution in [0.1, 0.15) is 49.8 Å². The fourth-order valence-electron chi connectivity index (χ4n) is 6.10. The second kappa shape index (κ2) is 8.69. The topological polar surface area (TPSA) is 6.48 Å². The average molecular weight is 401 g/mol. The highest BCUT2D eigenvalue weighted by Gasteiger charge is 2.38. The fourth-order valence-corrected chi connectivity index (χ4v) is 6.10. The summed E-state index contributed by atoms with van der Waals surface area (Å²) in [5.74, 6) is 1.52. The molecule has 2 nitrogen and oxygen atoms in total. The van der Waals surface area contributed by atoms with E-state index in [-0.39, 0.29) is 0 Å². The molecule has 0 spiro atoms. The molecule has 158 valence electrons. The summed E-state index contributed by atoms with van der Waals surface area (Å²) >= 11 is 0. The summed E-state index contributed by atoms with van der Waals surface area (Å²) in [4.78, 5) is 5.35. The van der Waals surface area contributed by atoms with Crippen LogP contribution in [-0.4, -0.2) is 41.5 Å². The Morgan fingerprint density at radius 2 is 1.57 bits per heavy atom. The van der Waals surface area contributed by atoms with Gasteiger partial charge >= 0.3 is 0 Å². The summed E-state index contributed by atoms with van der Waals surface area (Å²) < 4.78 is 0. The molecule has 0 amide bonds. The predicted molar refractivity (Wildman–Crippen MR) is 126 cm³/mol. The zero-order valence-electron chi connectivity index (χ0n) is 18.6. The van der Waals surface area contributed by atoms with Crippen LogP contribution in [0.2, 0.25) is 0 Å². The molecule has 4 unspecified atom stereocenters. The maximum Gasteiger partial charge on any atom is 0.0234 e. The van der Waals surface area contributed by atoms with Gasteiger partial charge < -0.3 is 0 Å². The van der Waals surface area contributed by atoms with Gasteiger partial charge in [0.1, 0.15) is 0 Å². The smallest absolute Gasteiger partial charge is 0.0234 e. The van der Waals surface area contributed by atoms with Crippen LogP contribution in [0.25, 0.3) is 5.57 Å². The van der Waals surface area contributed by atoms with Crippen LogP contribution in [-0.2, 0) is 13.0 Å². The molecule has 2 aromatic carbocycles. The van der Waals surface area contributed by atoms with Crippen molar-refractivity contribution in [2.45, 2.75) is 58.2 Å². The van der Waals surface area contributed by atoms with E-state index in [2.05, 4.69) is 84.3 Å². The lowest BCUT2D eigenvalue weighted by atomic mass is 9.90. The lowest BCUT2D eigenvalue weighted by Crippen LogP contribution is -2.34. The first-order valence-electron chi connectivity index (χ1n) is 12.0. The first kappa shape index (κ1) is 20.0. The summed E-state index contributed by atoms with van der Waals surface area (Å²) in [6.07, 6.45) is 7.66. The van der Waals surface area contributed by atoms with Crippen molar-refractivity contribution in [3.63, 3.8) is 0 Å². The largest absolute Gasteiger partial charge is 0.298 e. The molecule has 5 rings (SSSR count). The van der Waals surface area contributed by atoms with Crippen molar-refractivity contribution >= 4 is 5.57 Å². The Morgan fingerprint density at radius 1 is 0.833 bits per heavy atom. The zero-order chi connectivity index (χ0) is 20.5. The standard InChI is InChI=1S/C28H36N2/c1-21-8-9-22(2)30(21)17-16-23-10-12-25(13-11-23)27-15-14-26-19-29(20-28(26)27)18-24-6-4-3-5-7-24/h3-7,10-13,15,21-22,26,28H,8-9,14,16-20H2,1-2H3. The third kappa shape index (κ3) is 4.13. The van der Waals surface area contributed by atoms with Crippen LogP contribution >= 0.6 is 0 Å². The summed E-state index contributed by atoms with van der Waals surface area (Å²) in [6.45, 7) is 9.51. The van der Waals surface area contributed by atoms with Gasteiger partial charge in [-0.2, -0.15) is 0 Å². The monoisotopic (exact) mass is 400 g/mol. The Morgan fingerprint density at radius 3 is 2.30 bits per heavy atom. The van der Waals surface area contributed by atoms with Gasteiger partial charge in [0.2, 0.25) is 0 Å². The van der Waals surface area contributed by atoms with Crippen molar-refractivity contribution in [2.75, 3.05) is 19.6 Å². The predicted octanol–water partition coefficient (Wildman–Crippen LogP) is 5.64. The molecule has 0 radical (unpaired) electrons. The van der Waals surface area contributed by atoms with Gasteiger partial charge in [-0.1, -0.05) is 60.7 Å². The first-order chi connectivity index (χ1) is 14.7. The molecule has 0 aromatic heterocycles. The molecule has 2 saturated heterocycles. The molecule has 3 aliphatic rings. The fraction of sp³-hybridized carbons (Fsp3) is 0.500. The highest BCUT2D eigenvalue weighted by Crippen LogP contribution is 2.43. The van der Waals surface area contributed by atoms with Gasteiger partial charge in [0.15, 0.2) is 0 Å². The number of hydrogen-bond acceptors (Lipinski definition) is 2. The Bertz CT molecular complexity index is 859. The van der Waals surface area contributed by atoms with Crippen LogP contribution in [0.3, 0.4) is 0 Å². The van der Waals surface area contributed by atoms with Gasteiger partial charge in [0, 0.05) is 44.2 Å². The molecular formula is C28H36N2.